The van der Waals surface area contributed by atoms with E-state index < -0.39 is 53.2 Å². The summed E-state index contributed by atoms with van der Waals surface area (Å²) >= 11 is 0. The third-order valence-corrected chi connectivity index (χ3v) is 6.13. The third-order valence-electron chi connectivity index (χ3n) is 6.13. The van der Waals surface area contributed by atoms with Gasteiger partial charge in [-0.3, -0.25) is 4.79 Å². The van der Waals surface area contributed by atoms with Crippen molar-refractivity contribution in [3.8, 4) is 5.75 Å². The molecule has 1 aliphatic rings. The summed E-state index contributed by atoms with van der Waals surface area (Å²) < 4.78 is 71.8. The fraction of sp³-hybridized carbons (Fsp3) is 0.286. The SMILES string of the molecule is NC(=O)OC[C@@H]1CO[C@H](COc2c(F)cc(F)cc2NC(=O)[C@H](Cc2ccc(F)cc2)Nc2ccc(F)cc2)CN1. The molecule has 218 valence electrons. The first-order chi connectivity index (χ1) is 19.7. The first kappa shape index (κ1) is 29.6. The number of anilines is 2. The van der Waals surface area contributed by atoms with E-state index in [2.05, 4.69) is 16.0 Å². The van der Waals surface area contributed by atoms with Gasteiger partial charge in [-0.1, -0.05) is 12.1 Å². The Bertz CT molecular complexity index is 1290. The quantitative estimate of drug-likeness (QED) is 0.257. The van der Waals surface area contributed by atoms with Crippen LogP contribution in [-0.2, 0) is 20.7 Å². The molecule has 1 heterocycles. The van der Waals surface area contributed by atoms with Gasteiger partial charge in [-0.25, -0.2) is 22.4 Å². The predicted molar refractivity (Wildman–Crippen MR) is 141 cm³/mol. The van der Waals surface area contributed by atoms with Gasteiger partial charge in [-0.05, 0) is 42.0 Å². The van der Waals surface area contributed by atoms with E-state index in [9.17, 15) is 27.2 Å². The number of ether oxygens (including phenoxy) is 3. The second kappa shape index (κ2) is 13.8. The van der Waals surface area contributed by atoms with Crippen LogP contribution in [0.1, 0.15) is 5.56 Å². The predicted octanol–water partition coefficient (Wildman–Crippen LogP) is 3.74. The third kappa shape index (κ3) is 8.82. The van der Waals surface area contributed by atoms with Crippen LogP contribution in [-0.4, -0.2) is 56.6 Å². The van der Waals surface area contributed by atoms with Crippen molar-refractivity contribution in [2.45, 2.75) is 24.6 Å². The molecule has 1 fully saturated rings. The molecule has 3 atom stereocenters. The number of carbonyl (C=O) groups is 2. The van der Waals surface area contributed by atoms with Crippen molar-refractivity contribution in [3.63, 3.8) is 0 Å². The van der Waals surface area contributed by atoms with E-state index in [1.807, 2.05) is 0 Å². The second-order valence-corrected chi connectivity index (χ2v) is 9.29. The highest BCUT2D eigenvalue weighted by atomic mass is 19.1. The Hall–Kier alpha value is -4.36. The average molecular weight is 577 g/mol. The molecule has 41 heavy (non-hydrogen) atoms. The van der Waals surface area contributed by atoms with Crippen molar-refractivity contribution < 1.29 is 41.4 Å². The number of primary amides is 1. The Labute approximate surface area is 233 Å². The van der Waals surface area contributed by atoms with Crippen molar-refractivity contribution in [2.24, 2.45) is 5.73 Å². The van der Waals surface area contributed by atoms with E-state index in [4.69, 9.17) is 19.9 Å². The fourth-order valence-electron chi connectivity index (χ4n) is 4.07. The zero-order chi connectivity index (χ0) is 29.4. The molecular formula is C28H28F4N4O5. The zero-order valence-corrected chi connectivity index (χ0v) is 21.7. The highest BCUT2D eigenvalue weighted by Crippen LogP contribution is 2.30. The van der Waals surface area contributed by atoms with Gasteiger partial charge in [0.1, 0.15) is 42.8 Å². The van der Waals surface area contributed by atoms with Gasteiger partial charge in [0.2, 0.25) is 5.91 Å². The Kier molecular flexibility index (Phi) is 9.98. The van der Waals surface area contributed by atoms with Crippen molar-refractivity contribution in [1.29, 1.82) is 0 Å². The van der Waals surface area contributed by atoms with Crippen LogP contribution in [0, 0.1) is 23.3 Å². The molecule has 0 unspecified atom stereocenters. The highest BCUT2D eigenvalue weighted by molar-refractivity contribution is 5.98. The number of benzene rings is 3. The lowest BCUT2D eigenvalue weighted by atomic mass is 10.0. The van der Waals surface area contributed by atoms with E-state index in [-0.39, 0.29) is 44.5 Å². The van der Waals surface area contributed by atoms with E-state index in [0.29, 0.717) is 17.3 Å². The Morgan fingerprint density at radius 2 is 1.66 bits per heavy atom. The van der Waals surface area contributed by atoms with Gasteiger partial charge in [0.05, 0.1) is 18.3 Å². The maximum absolute atomic E-state index is 14.8. The first-order valence-corrected chi connectivity index (χ1v) is 12.6. The Morgan fingerprint density at radius 1 is 0.976 bits per heavy atom. The maximum atomic E-state index is 14.8. The average Bonchev–Trinajstić information content (AvgIpc) is 2.94. The van der Waals surface area contributed by atoms with Gasteiger partial charge in [-0.15, -0.1) is 0 Å². The summed E-state index contributed by atoms with van der Waals surface area (Å²) in [5.74, 6) is -3.99. The molecule has 3 aromatic carbocycles. The van der Waals surface area contributed by atoms with E-state index in [1.165, 1.54) is 48.5 Å². The summed E-state index contributed by atoms with van der Waals surface area (Å²) in [6, 6.07) is 11.0. The molecule has 0 aromatic heterocycles. The van der Waals surface area contributed by atoms with Crippen molar-refractivity contribution in [3.05, 3.63) is 89.5 Å². The monoisotopic (exact) mass is 576 g/mol. The number of nitrogens with two attached hydrogens (primary N) is 1. The van der Waals surface area contributed by atoms with Gasteiger partial charge in [0, 0.05) is 30.8 Å². The molecule has 1 saturated heterocycles. The molecule has 0 aliphatic carbocycles. The van der Waals surface area contributed by atoms with Crippen LogP contribution in [0.25, 0.3) is 0 Å². The smallest absolute Gasteiger partial charge is 0.404 e. The minimum Gasteiger partial charge on any atom is -0.486 e. The van der Waals surface area contributed by atoms with E-state index in [0.717, 1.165) is 6.07 Å². The van der Waals surface area contributed by atoms with E-state index in [1.54, 1.807) is 0 Å². The zero-order valence-electron chi connectivity index (χ0n) is 21.7. The molecule has 5 N–H and O–H groups in total. The van der Waals surface area contributed by atoms with E-state index >= 15 is 0 Å². The molecular weight excluding hydrogens is 548 g/mol. The van der Waals surface area contributed by atoms with Gasteiger partial charge >= 0.3 is 6.09 Å². The normalized spacial score (nSPS) is 17.4. The van der Waals surface area contributed by atoms with Gasteiger partial charge in [-0.2, -0.15) is 0 Å². The number of nitrogens with one attached hydrogen (secondary N) is 3. The lowest BCUT2D eigenvalue weighted by Gasteiger charge is -2.30. The molecule has 3 aromatic rings. The number of halogens is 4. The molecule has 13 heteroatoms. The summed E-state index contributed by atoms with van der Waals surface area (Å²) in [5, 5.41) is 8.56. The first-order valence-electron chi connectivity index (χ1n) is 12.6. The number of amides is 2. The molecule has 0 bridgehead atoms. The lowest BCUT2D eigenvalue weighted by Crippen LogP contribution is -2.50. The van der Waals surface area contributed by atoms with Crippen LogP contribution >= 0.6 is 0 Å². The Morgan fingerprint density at radius 3 is 2.29 bits per heavy atom. The maximum Gasteiger partial charge on any atom is 0.404 e. The van der Waals surface area contributed by atoms with Crippen LogP contribution in [0.4, 0.5) is 33.7 Å². The number of morpholine rings is 1. The molecule has 1 aliphatic heterocycles. The fourth-order valence-corrected chi connectivity index (χ4v) is 4.07. The van der Waals surface area contributed by atoms with Gasteiger partial charge in [0.25, 0.3) is 0 Å². The topological polar surface area (TPSA) is 124 Å². The highest BCUT2D eigenvalue weighted by Gasteiger charge is 2.26. The molecule has 4 rings (SSSR count). The van der Waals surface area contributed by atoms with Crippen molar-refractivity contribution >= 4 is 23.4 Å². The molecule has 0 spiro atoms. The van der Waals surface area contributed by atoms with Crippen LogP contribution in [0.3, 0.4) is 0 Å². The van der Waals surface area contributed by atoms with Crippen molar-refractivity contribution in [1.82, 2.24) is 5.32 Å². The summed E-state index contributed by atoms with van der Waals surface area (Å²) in [6.07, 6.45) is -1.37. The lowest BCUT2D eigenvalue weighted by molar-refractivity contribution is -0.116. The summed E-state index contributed by atoms with van der Waals surface area (Å²) in [4.78, 5) is 24.1. The van der Waals surface area contributed by atoms with Crippen molar-refractivity contribution in [2.75, 3.05) is 37.0 Å². The summed E-state index contributed by atoms with van der Waals surface area (Å²) in [5.41, 5.74) is 5.72. The molecule has 0 saturated carbocycles. The van der Waals surface area contributed by atoms with Crippen LogP contribution in [0.2, 0.25) is 0 Å². The van der Waals surface area contributed by atoms with Crippen LogP contribution in [0.5, 0.6) is 5.75 Å². The number of rotatable bonds is 11. The number of hydrogen-bond acceptors (Lipinski definition) is 7. The number of hydrogen-bond donors (Lipinski definition) is 4. The second-order valence-electron chi connectivity index (χ2n) is 9.29. The largest absolute Gasteiger partial charge is 0.486 e. The standard InChI is InChI=1S/C28H28F4N4O5/c29-17-3-1-16(2-4-17)9-25(35-20-7-5-18(30)6-8-20)27(37)36-24-11-19(31)10-23(32)26(24)40-15-22-12-34-21(13-39-22)14-41-28(33)38/h1-8,10-11,21-22,25,34-35H,9,12-15H2,(H2,33,38)(H,36,37)/t21-,22-,25-/m0/s1. The summed E-state index contributed by atoms with van der Waals surface area (Å²) in [7, 11) is 0. The van der Waals surface area contributed by atoms with Crippen LogP contribution in [0.15, 0.2) is 60.7 Å². The molecule has 0 radical (unpaired) electrons. The van der Waals surface area contributed by atoms with Gasteiger partial charge in [0.15, 0.2) is 11.6 Å². The minimum atomic E-state index is -1.04. The Balaban J connectivity index is 1.46. The molecule has 2 amide bonds. The number of carbonyl (C=O) groups excluding carboxylic acids is 2. The van der Waals surface area contributed by atoms with Crippen LogP contribution < -0.4 is 26.4 Å². The minimum absolute atomic E-state index is 0.0106. The van der Waals surface area contributed by atoms with Gasteiger partial charge < -0.3 is 35.9 Å². The molecule has 9 nitrogen and oxygen atoms in total. The summed E-state index contributed by atoms with van der Waals surface area (Å²) in [6.45, 7) is 0.306.